The standard InChI is InChI=1S/C11H16F2N2O/c1-3-16-5-4-15(2)11-9(12)6-8(14)7-10(11)13/h6-7H,3-5,14H2,1-2H3. The number of benzene rings is 1. The predicted octanol–water partition coefficient (Wildman–Crippen LogP) is 2.02. The van der Waals surface area contributed by atoms with Crippen molar-refractivity contribution in [3.05, 3.63) is 23.8 Å². The van der Waals surface area contributed by atoms with Gasteiger partial charge in [-0.05, 0) is 19.1 Å². The Bertz CT molecular complexity index is 335. The van der Waals surface area contributed by atoms with Gasteiger partial charge in [0.05, 0.1) is 6.61 Å². The van der Waals surface area contributed by atoms with Crippen LogP contribution in [0.2, 0.25) is 0 Å². The molecule has 0 aliphatic rings. The number of anilines is 2. The van der Waals surface area contributed by atoms with Crippen LogP contribution in [-0.2, 0) is 4.74 Å². The van der Waals surface area contributed by atoms with Crippen LogP contribution in [0.15, 0.2) is 12.1 Å². The zero-order valence-electron chi connectivity index (χ0n) is 9.46. The van der Waals surface area contributed by atoms with Crippen molar-refractivity contribution in [1.82, 2.24) is 0 Å². The summed E-state index contributed by atoms with van der Waals surface area (Å²) in [6, 6.07) is 2.21. The third-order valence-corrected chi connectivity index (χ3v) is 2.20. The van der Waals surface area contributed by atoms with Crippen molar-refractivity contribution in [3.8, 4) is 0 Å². The van der Waals surface area contributed by atoms with Crippen molar-refractivity contribution in [3.63, 3.8) is 0 Å². The lowest BCUT2D eigenvalue weighted by molar-refractivity contribution is 0.154. The first kappa shape index (κ1) is 12.7. The molecule has 0 amide bonds. The van der Waals surface area contributed by atoms with E-state index >= 15 is 0 Å². The molecule has 1 rings (SSSR count). The number of halogens is 2. The molecule has 1 aromatic carbocycles. The Morgan fingerprint density at radius 3 is 2.38 bits per heavy atom. The SMILES string of the molecule is CCOCCN(C)c1c(F)cc(N)cc1F. The molecule has 0 bridgehead atoms. The van der Waals surface area contributed by atoms with E-state index in [0.29, 0.717) is 19.8 Å². The quantitative estimate of drug-likeness (QED) is 0.621. The molecule has 0 aliphatic heterocycles. The summed E-state index contributed by atoms with van der Waals surface area (Å²) in [5.41, 5.74) is 5.33. The average molecular weight is 230 g/mol. The Hall–Kier alpha value is -1.36. The summed E-state index contributed by atoms with van der Waals surface area (Å²) in [6.07, 6.45) is 0. The van der Waals surface area contributed by atoms with E-state index in [4.69, 9.17) is 10.5 Å². The molecule has 0 aliphatic carbocycles. The van der Waals surface area contributed by atoms with Crippen LogP contribution in [0.25, 0.3) is 0 Å². The molecular formula is C11H16F2N2O. The van der Waals surface area contributed by atoms with Crippen molar-refractivity contribution in [2.45, 2.75) is 6.92 Å². The van der Waals surface area contributed by atoms with Crippen molar-refractivity contribution >= 4 is 11.4 Å². The van der Waals surface area contributed by atoms with Gasteiger partial charge in [0.25, 0.3) is 0 Å². The Kier molecular flexibility index (Phi) is 4.49. The maximum atomic E-state index is 13.5. The van der Waals surface area contributed by atoms with Crippen LogP contribution >= 0.6 is 0 Å². The molecule has 90 valence electrons. The monoisotopic (exact) mass is 230 g/mol. The summed E-state index contributed by atoms with van der Waals surface area (Å²) in [5, 5.41) is 0. The predicted molar refractivity (Wildman–Crippen MR) is 60.5 cm³/mol. The molecule has 1 aromatic rings. The van der Waals surface area contributed by atoms with E-state index in [1.54, 1.807) is 7.05 Å². The third kappa shape index (κ3) is 3.06. The normalized spacial score (nSPS) is 10.5. The lowest BCUT2D eigenvalue weighted by atomic mass is 10.2. The number of ether oxygens (including phenoxy) is 1. The summed E-state index contributed by atoms with van der Waals surface area (Å²) >= 11 is 0. The Morgan fingerprint density at radius 2 is 1.88 bits per heavy atom. The first-order valence-corrected chi connectivity index (χ1v) is 5.09. The van der Waals surface area contributed by atoms with E-state index in [0.717, 1.165) is 12.1 Å². The van der Waals surface area contributed by atoms with Crippen molar-refractivity contribution < 1.29 is 13.5 Å². The zero-order valence-corrected chi connectivity index (χ0v) is 9.46. The lowest BCUT2D eigenvalue weighted by Gasteiger charge is -2.20. The zero-order chi connectivity index (χ0) is 12.1. The summed E-state index contributed by atoms with van der Waals surface area (Å²) in [5.74, 6) is -1.31. The number of nitrogens with zero attached hydrogens (tertiary/aromatic N) is 1. The number of hydrogen-bond acceptors (Lipinski definition) is 3. The fourth-order valence-corrected chi connectivity index (χ4v) is 1.41. The molecule has 2 N–H and O–H groups in total. The molecule has 0 radical (unpaired) electrons. The van der Waals surface area contributed by atoms with E-state index in [2.05, 4.69) is 0 Å². The second kappa shape index (κ2) is 5.65. The van der Waals surface area contributed by atoms with Gasteiger partial charge < -0.3 is 15.4 Å². The highest BCUT2D eigenvalue weighted by Gasteiger charge is 2.14. The Balaban J connectivity index is 2.78. The molecule has 16 heavy (non-hydrogen) atoms. The van der Waals surface area contributed by atoms with Gasteiger partial charge in [0.2, 0.25) is 0 Å². The molecule has 0 unspecified atom stereocenters. The van der Waals surface area contributed by atoms with Crippen LogP contribution < -0.4 is 10.6 Å². The largest absolute Gasteiger partial charge is 0.399 e. The maximum Gasteiger partial charge on any atom is 0.151 e. The minimum absolute atomic E-state index is 0.0751. The first-order chi connectivity index (χ1) is 7.56. The Morgan fingerprint density at radius 1 is 1.31 bits per heavy atom. The van der Waals surface area contributed by atoms with Crippen LogP contribution in [-0.4, -0.2) is 26.8 Å². The van der Waals surface area contributed by atoms with E-state index < -0.39 is 11.6 Å². The van der Waals surface area contributed by atoms with Gasteiger partial charge in [0.1, 0.15) is 5.69 Å². The maximum absolute atomic E-state index is 13.5. The van der Waals surface area contributed by atoms with E-state index in [1.807, 2.05) is 6.92 Å². The summed E-state index contributed by atoms with van der Waals surface area (Å²) < 4.78 is 32.1. The number of nitrogen functional groups attached to an aromatic ring is 1. The molecule has 0 fully saturated rings. The molecule has 0 heterocycles. The van der Waals surface area contributed by atoms with Crippen molar-refractivity contribution in [2.24, 2.45) is 0 Å². The number of rotatable bonds is 5. The van der Waals surface area contributed by atoms with E-state index in [1.165, 1.54) is 4.90 Å². The second-order valence-corrected chi connectivity index (χ2v) is 3.45. The smallest absolute Gasteiger partial charge is 0.151 e. The first-order valence-electron chi connectivity index (χ1n) is 5.09. The van der Waals surface area contributed by atoms with Gasteiger partial charge in [0.15, 0.2) is 11.6 Å². The fourth-order valence-electron chi connectivity index (χ4n) is 1.41. The molecule has 3 nitrogen and oxygen atoms in total. The van der Waals surface area contributed by atoms with E-state index in [9.17, 15) is 8.78 Å². The van der Waals surface area contributed by atoms with Crippen LogP contribution in [0.3, 0.4) is 0 Å². The van der Waals surface area contributed by atoms with Crippen LogP contribution in [0, 0.1) is 11.6 Å². The van der Waals surface area contributed by atoms with Gasteiger partial charge in [-0.2, -0.15) is 0 Å². The molecule has 0 spiro atoms. The lowest BCUT2D eigenvalue weighted by Crippen LogP contribution is -2.24. The molecular weight excluding hydrogens is 214 g/mol. The molecule has 0 saturated carbocycles. The second-order valence-electron chi connectivity index (χ2n) is 3.45. The Labute approximate surface area is 93.8 Å². The number of likely N-dealkylation sites (N-methyl/N-ethyl adjacent to an activating group) is 1. The van der Waals surface area contributed by atoms with Crippen molar-refractivity contribution in [2.75, 3.05) is 37.4 Å². The highest BCUT2D eigenvalue weighted by atomic mass is 19.1. The van der Waals surface area contributed by atoms with Gasteiger partial charge in [-0.1, -0.05) is 0 Å². The van der Waals surface area contributed by atoms with Gasteiger partial charge in [-0.3, -0.25) is 0 Å². The minimum Gasteiger partial charge on any atom is -0.399 e. The van der Waals surface area contributed by atoms with Gasteiger partial charge in [-0.25, -0.2) is 8.78 Å². The highest BCUT2D eigenvalue weighted by molar-refractivity contribution is 5.55. The topological polar surface area (TPSA) is 38.5 Å². The van der Waals surface area contributed by atoms with E-state index in [-0.39, 0.29) is 11.4 Å². The molecule has 0 atom stereocenters. The van der Waals surface area contributed by atoms with Crippen LogP contribution in [0.4, 0.5) is 20.2 Å². The summed E-state index contributed by atoms with van der Waals surface area (Å²) in [6.45, 7) is 3.30. The minimum atomic E-state index is -0.656. The average Bonchev–Trinajstić information content (AvgIpc) is 2.16. The number of hydrogen-bond donors (Lipinski definition) is 1. The molecule has 0 aromatic heterocycles. The fraction of sp³-hybridized carbons (Fsp3) is 0.455. The van der Waals surface area contributed by atoms with Gasteiger partial charge in [-0.15, -0.1) is 0 Å². The highest BCUT2D eigenvalue weighted by Crippen LogP contribution is 2.24. The van der Waals surface area contributed by atoms with Crippen LogP contribution in [0.1, 0.15) is 6.92 Å². The van der Waals surface area contributed by atoms with Crippen LogP contribution in [0.5, 0.6) is 0 Å². The number of nitrogens with two attached hydrogens (primary N) is 1. The third-order valence-electron chi connectivity index (χ3n) is 2.20. The molecule has 5 heteroatoms. The molecule has 0 saturated heterocycles. The summed E-state index contributed by atoms with van der Waals surface area (Å²) in [4.78, 5) is 1.47. The van der Waals surface area contributed by atoms with Gasteiger partial charge >= 0.3 is 0 Å². The van der Waals surface area contributed by atoms with Gasteiger partial charge in [0, 0.05) is 25.9 Å². The summed E-state index contributed by atoms with van der Waals surface area (Å²) in [7, 11) is 1.61. The van der Waals surface area contributed by atoms with Crippen molar-refractivity contribution in [1.29, 1.82) is 0 Å².